The van der Waals surface area contributed by atoms with Crippen LogP contribution in [0.1, 0.15) is 47.8 Å². The second kappa shape index (κ2) is 8.92. The van der Waals surface area contributed by atoms with E-state index in [1.165, 1.54) is 24.6 Å². The fraction of sp³-hybridized carbons (Fsp3) is 0.478. The first-order chi connectivity index (χ1) is 14.6. The Hall–Kier alpha value is -2.80. The second-order valence-corrected chi connectivity index (χ2v) is 8.19. The normalized spacial score (nSPS) is 21.4. The summed E-state index contributed by atoms with van der Waals surface area (Å²) in [6.07, 6.45) is 5.24. The average Bonchev–Trinajstić information content (AvgIpc) is 3.51. The lowest BCUT2D eigenvalue weighted by molar-refractivity contribution is -0.149. The summed E-state index contributed by atoms with van der Waals surface area (Å²) < 4.78 is 5.47. The Labute approximate surface area is 176 Å². The quantitative estimate of drug-likeness (QED) is 0.504. The van der Waals surface area contributed by atoms with Crippen molar-refractivity contribution in [2.75, 3.05) is 31.6 Å². The summed E-state index contributed by atoms with van der Waals surface area (Å²) in [4.78, 5) is 36.1. The molecule has 7 nitrogen and oxygen atoms in total. The van der Waals surface area contributed by atoms with Gasteiger partial charge in [0.1, 0.15) is 5.41 Å². The lowest BCUT2D eigenvalue weighted by Gasteiger charge is -2.28. The number of aromatic nitrogens is 2. The molecule has 2 aliphatic rings. The topological polar surface area (TPSA) is 84.4 Å². The van der Waals surface area contributed by atoms with Gasteiger partial charge in [-0.15, -0.1) is 0 Å². The van der Waals surface area contributed by atoms with Crippen molar-refractivity contribution < 1.29 is 14.3 Å². The van der Waals surface area contributed by atoms with Gasteiger partial charge in [-0.3, -0.25) is 14.5 Å². The van der Waals surface area contributed by atoms with E-state index in [-0.39, 0.29) is 12.6 Å². The number of anilines is 1. The van der Waals surface area contributed by atoms with Gasteiger partial charge in [-0.25, -0.2) is 9.97 Å². The molecule has 0 radical (unpaired) electrons. The van der Waals surface area contributed by atoms with Crippen LogP contribution in [0, 0.1) is 5.92 Å². The highest BCUT2D eigenvalue weighted by atomic mass is 16.5. The first kappa shape index (κ1) is 20.5. The van der Waals surface area contributed by atoms with E-state index in [1.54, 1.807) is 6.92 Å². The second-order valence-electron chi connectivity index (χ2n) is 8.19. The summed E-state index contributed by atoms with van der Waals surface area (Å²) >= 11 is 0. The van der Waals surface area contributed by atoms with Crippen molar-refractivity contribution in [3.8, 4) is 0 Å². The van der Waals surface area contributed by atoms with E-state index in [9.17, 15) is 9.59 Å². The molecule has 1 aromatic carbocycles. The van der Waals surface area contributed by atoms with Crippen LogP contribution in [0.15, 0.2) is 36.5 Å². The van der Waals surface area contributed by atoms with Crippen molar-refractivity contribution in [3.05, 3.63) is 53.3 Å². The summed E-state index contributed by atoms with van der Waals surface area (Å²) in [6, 6.07) is 10.2. The number of nitrogens with one attached hydrogen (secondary N) is 1. The average molecular weight is 409 g/mol. The molecule has 1 saturated carbocycles. The van der Waals surface area contributed by atoms with Crippen LogP contribution in [0.4, 0.5) is 5.95 Å². The maximum absolute atomic E-state index is 13.2. The largest absolute Gasteiger partial charge is 0.465 e. The van der Waals surface area contributed by atoms with Gasteiger partial charge < -0.3 is 10.1 Å². The molecule has 7 heteroatoms. The van der Waals surface area contributed by atoms with Crippen molar-refractivity contribution in [3.63, 3.8) is 0 Å². The van der Waals surface area contributed by atoms with Crippen molar-refractivity contribution in [1.82, 2.24) is 14.9 Å². The fourth-order valence-electron chi connectivity index (χ4n) is 4.09. The molecule has 2 aromatic rings. The van der Waals surface area contributed by atoms with Crippen molar-refractivity contribution in [1.29, 1.82) is 0 Å². The molecule has 1 aliphatic carbocycles. The number of carbonyl (C=O) groups excluding carboxylic acids is 2. The minimum Gasteiger partial charge on any atom is -0.465 e. The van der Waals surface area contributed by atoms with E-state index < -0.39 is 5.41 Å². The highest BCUT2D eigenvalue weighted by Crippen LogP contribution is 2.37. The molecular formula is C23H28N4O3. The Morgan fingerprint density at radius 2 is 2.13 bits per heavy atom. The molecule has 0 spiro atoms. The Morgan fingerprint density at radius 3 is 2.83 bits per heavy atom. The van der Waals surface area contributed by atoms with E-state index in [4.69, 9.17) is 4.74 Å². The third-order valence-electron chi connectivity index (χ3n) is 5.91. The molecule has 158 valence electrons. The highest BCUT2D eigenvalue weighted by molar-refractivity contribution is 5.88. The maximum Gasteiger partial charge on any atom is 0.319 e. The maximum atomic E-state index is 13.2. The molecule has 1 unspecified atom stereocenters. The summed E-state index contributed by atoms with van der Waals surface area (Å²) in [5.74, 6) is 0.804. The Morgan fingerprint density at radius 1 is 1.33 bits per heavy atom. The summed E-state index contributed by atoms with van der Waals surface area (Å²) in [5, 5.41) is 3.26. The number of benzene rings is 1. The van der Waals surface area contributed by atoms with Crippen LogP contribution in [-0.2, 0) is 21.5 Å². The van der Waals surface area contributed by atoms with Gasteiger partial charge >= 0.3 is 5.97 Å². The lowest BCUT2D eigenvalue weighted by Crippen LogP contribution is -2.42. The number of rotatable bonds is 9. The number of ether oxygens (including phenoxy) is 1. The molecule has 2 fully saturated rings. The highest BCUT2D eigenvalue weighted by Gasteiger charge is 2.50. The Bertz CT molecular complexity index is 901. The molecule has 2 heterocycles. The number of nitrogens with zero attached hydrogens (tertiary/aromatic N) is 3. The summed E-state index contributed by atoms with van der Waals surface area (Å²) in [5.41, 5.74) is 1.03. The van der Waals surface area contributed by atoms with Crippen LogP contribution < -0.4 is 5.32 Å². The zero-order valence-electron chi connectivity index (χ0n) is 17.3. The third-order valence-corrected chi connectivity index (χ3v) is 5.91. The van der Waals surface area contributed by atoms with E-state index in [0.29, 0.717) is 36.1 Å². The van der Waals surface area contributed by atoms with Gasteiger partial charge in [0.25, 0.3) is 0 Å². The molecule has 1 aromatic heterocycles. The zero-order valence-corrected chi connectivity index (χ0v) is 17.3. The molecule has 1 aliphatic heterocycles. The smallest absolute Gasteiger partial charge is 0.319 e. The summed E-state index contributed by atoms with van der Waals surface area (Å²) in [7, 11) is 0. The Kier molecular flexibility index (Phi) is 6.08. The summed E-state index contributed by atoms with van der Waals surface area (Å²) in [6.45, 7) is 4.81. The number of carbonyl (C=O) groups is 2. The number of likely N-dealkylation sites (tertiary alicyclic amines) is 1. The van der Waals surface area contributed by atoms with Crippen LogP contribution in [0.5, 0.6) is 0 Å². The number of aldehydes is 1. The number of hydrogen-bond acceptors (Lipinski definition) is 7. The van der Waals surface area contributed by atoms with E-state index >= 15 is 0 Å². The molecule has 1 atom stereocenters. The van der Waals surface area contributed by atoms with Gasteiger partial charge in [0, 0.05) is 32.4 Å². The van der Waals surface area contributed by atoms with Gasteiger partial charge in [0.2, 0.25) is 5.95 Å². The van der Waals surface area contributed by atoms with Crippen LogP contribution in [-0.4, -0.2) is 53.4 Å². The van der Waals surface area contributed by atoms with E-state index in [2.05, 4.69) is 32.3 Å². The molecular weight excluding hydrogens is 380 g/mol. The van der Waals surface area contributed by atoms with E-state index in [1.807, 2.05) is 18.2 Å². The molecule has 30 heavy (non-hydrogen) atoms. The van der Waals surface area contributed by atoms with Gasteiger partial charge in [0.15, 0.2) is 6.29 Å². The van der Waals surface area contributed by atoms with Crippen LogP contribution in [0.3, 0.4) is 0 Å². The van der Waals surface area contributed by atoms with Crippen LogP contribution in [0.2, 0.25) is 0 Å². The van der Waals surface area contributed by atoms with Crippen LogP contribution >= 0.6 is 0 Å². The zero-order chi connectivity index (χ0) is 21.0. The number of esters is 1. The Balaban J connectivity index is 1.64. The fourth-order valence-corrected chi connectivity index (χ4v) is 4.09. The predicted molar refractivity (Wildman–Crippen MR) is 113 cm³/mol. The molecule has 0 bridgehead atoms. The first-order valence-corrected chi connectivity index (χ1v) is 10.6. The monoisotopic (exact) mass is 408 g/mol. The molecule has 1 saturated heterocycles. The minimum absolute atomic E-state index is 0.285. The van der Waals surface area contributed by atoms with E-state index in [0.717, 1.165) is 25.9 Å². The number of hydrogen-bond donors (Lipinski definition) is 1. The van der Waals surface area contributed by atoms with Crippen molar-refractivity contribution in [2.24, 2.45) is 5.92 Å². The third kappa shape index (κ3) is 4.36. The minimum atomic E-state index is -0.972. The molecule has 4 rings (SSSR count). The molecule has 1 N–H and O–H groups in total. The predicted octanol–water partition coefficient (Wildman–Crippen LogP) is 2.82. The van der Waals surface area contributed by atoms with Gasteiger partial charge in [0.05, 0.1) is 17.9 Å². The lowest BCUT2D eigenvalue weighted by atomic mass is 9.81. The van der Waals surface area contributed by atoms with Crippen molar-refractivity contribution >= 4 is 18.2 Å². The van der Waals surface area contributed by atoms with Gasteiger partial charge in [-0.05, 0) is 37.7 Å². The van der Waals surface area contributed by atoms with Gasteiger partial charge in [-0.2, -0.15) is 0 Å². The standard InChI is InChI=1S/C23H28N4O3/c1-2-30-21(29)23(10-11-27(16-23)14-18-6-4-3-5-7-18)20-19(15-28)13-25-22(26-20)24-12-17-8-9-17/h3-7,13,15,17H,2,8-12,14,16H2,1H3,(H,24,25,26). The van der Waals surface area contributed by atoms with Crippen LogP contribution in [0.25, 0.3) is 0 Å². The van der Waals surface area contributed by atoms with Gasteiger partial charge in [-0.1, -0.05) is 30.3 Å². The molecule has 0 amide bonds. The van der Waals surface area contributed by atoms with Crippen molar-refractivity contribution in [2.45, 2.75) is 38.1 Å². The first-order valence-electron chi connectivity index (χ1n) is 10.6. The SMILES string of the molecule is CCOC(=O)C1(c2nc(NCC3CC3)ncc2C=O)CCN(Cc2ccccc2)C1.